The Morgan fingerprint density at radius 3 is 2.11 bits per heavy atom. The SMILES string of the molecule is Cc1ccc(-c2ccc3sc4ccc(C5=CC(C)CC=C5)cc4c3c2)cc1. The minimum absolute atomic E-state index is 0.619. The summed E-state index contributed by atoms with van der Waals surface area (Å²) >= 11 is 1.89. The van der Waals surface area contributed by atoms with Crippen LogP contribution < -0.4 is 0 Å². The zero-order valence-electron chi connectivity index (χ0n) is 15.7. The van der Waals surface area contributed by atoms with Crippen LogP contribution in [0.15, 0.2) is 78.9 Å². The molecule has 3 aromatic carbocycles. The second-order valence-corrected chi connectivity index (χ2v) is 8.71. The summed E-state index contributed by atoms with van der Waals surface area (Å²) in [5.74, 6) is 0.619. The summed E-state index contributed by atoms with van der Waals surface area (Å²) in [6, 6.07) is 22.6. The Kier molecular flexibility index (Phi) is 3.98. The molecule has 4 aromatic rings. The fourth-order valence-corrected chi connectivity index (χ4v) is 4.98. The topological polar surface area (TPSA) is 0 Å². The van der Waals surface area contributed by atoms with Gasteiger partial charge in [0, 0.05) is 20.2 Å². The van der Waals surface area contributed by atoms with Crippen molar-refractivity contribution in [2.24, 2.45) is 5.92 Å². The summed E-state index contributed by atoms with van der Waals surface area (Å²) in [4.78, 5) is 0. The van der Waals surface area contributed by atoms with Gasteiger partial charge < -0.3 is 0 Å². The monoisotopic (exact) mass is 366 g/mol. The van der Waals surface area contributed by atoms with Crippen LogP contribution in [0.2, 0.25) is 0 Å². The minimum Gasteiger partial charge on any atom is -0.135 e. The first-order chi connectivity index (χ1) is 13.2. The van der Waals surface area contributed by atoms with E-state index in [9.17, 15) is 0 Å². The van der Waals surface area contributed by atoms with E-state index in [-0.39, 0.29) is 0 Å². The van der Waals surface area contributed by atoms with Gasteiger partial charge in [-0.2, -0.15) is 0 Å². The highest BCUT2D eigenvalue weighted by Crippen LogP contribution is 2.38. The van der Waals surface area contributed by atoms with Gasteiger partial charge in [-0.3, -0.25) is 0 Å². The molecule has 5 rings (SSSR count). The predicted octanol–water partition coefficient (Wildman–Crippen LogP) is 8.01. The van der Waals surface area contributed by atoms with Crippen molar-refractivity contribution in [3.8, 4) is 11.1 Å². The second kappa shape index (κ2) is 6.51. The minimum atomic E-state index is 0.619. The second-order valence-electron chi connectivity index (χ2n) is 7.63. The molecule has 1 atom stereocenters. The van der Waals surface area contributed by atoms with Crippen LogP contribution in [0.5, 0.6) is 0 Å². The van der Waals surface area contributed by atoms with E-state index >= 15 is 0 Å². The summed E-state index contributed by atoms with van der Waals surface area (Å²) in [5, 5.41) is 2.73. The van der Waals surface area contributed by atoms with Gasteiger partial charge in [-0.25, -0.2) is 0 Å². The van der Waals surface area contributed by atoms with Gasteiger partial charge in [0.05, 0.1) is 0 Å². The van der Waals surface area contributed by atoms with Crippen LogP contribution in [-0.4, -0.2) is 0 Å². The number of benzene rings is 3. The predicted molar refractivity (Wildman–Crippen MR) is 120 cm³/mol. The van der Waals surface area contributed by atoms with E-state index in [0.29, 0.717) is 5.92 Å². The Hall–Kier alpha value is -2.64. The van der Waals surface area contributed by atoms with Crippen LogP contribution in [0.4, 0.5) is 0 Å². The van der Waals surface area contributed by atoms with Crippen molar-refractivity contribution in [1.82, 2.24) is 0 Å². The molecule has 1 aromatic heterocycles. The van der Waals surface area contributed by atoms with E-state index in [2.05, 4.69) is 92.7 Å². The molecule has 0 aliphatic heterocycles. The number of fused-ring (bicyclic) bond motifs is 3. The van der Waals surface area contributed by atoms with E-state index in [0.717, 1.165) is 6.42 Å². The number of rotatable bonds is 2. The smallest absolute Gasteiger partial charge is 0.0355 e. The van der Waals surface area contributed by atoms with Crippen molar-refractivity contribution < 1.29 is 0 Å². The van der Waals surface area contributed by atoms with Gasteiger partial charge in [0.25, 0.3) is 0 Å². The molecule has 132 valence electrons. The third-order valence-electron chi connectivity index (χ3n) is 5.46. The molecule has 0 radical (unpaired) electrons. The van der Waals surface area contributed by atoms with Crippen molar-refractivity contribution in [3.63, 3.8) is 0 Å². The molecule has 1 aliphatic rings. The molecule has 1 heterocycles. The normalized spacial score (nSPS) is 16.8. The summed E-state index contributed by atoms with van der Waals surface area (Å²) < 4.78 is 2.72. The third-order valence-corrected chi connectivity index (χ3v) is 6.61. The van der Waals surface area contributed by atoms with Gasteiger partial charge >= 0.3 is 0 Å². The molecular formula is C26H22S. The summed E-state index contributed by atoms with van der Waals surface area (Å²) in [7, 11) is 0. The van der Waals surface area contributed by atoms with Crippen LogP contribution in [0.1, 0.15) is 24.5 Å². The number of hydrogen-bond acceptors (Lipinski definition) is 1. The number of thiophene rings is 1. The fourth-order valence-electron chi connectivity index (χ4n) is 3.91. The molecule has 0 saturated carbocycles. The van der Waals surface area contributed by atoms with Gasteiger partial charge in [-0.15, -0.1) is 11.3 Å². The van der Waals surface area contributed by atoms with Crippen molar-refractivity contribution in [2.45, 2.75) is 20.3 Å². The molecule has 0 fully saturated rings. The average molecular weight is 367 g/mol. The molecule has 0 amide bonds. The molecule has 0 nitrogen and oxygen atoms in total. The first kappa shape index (κ1) is 16.5. The van der Waals surface area contributed by atoms with E-state index in [1.165, 1.54) is 48.0 Å². The first-order valence-electron chi connectivity index (χ1n) is 9.59. The highest BCUT2D eigenvalue weighted by atomic mass is 32.1. The number of aryl methyl sites for hydroxylation is 1. The Morgan fingerprint density at radius 2 is 1.41 bits per heavy atom. The summed E-state index contributed by atoms with van der Waals surface area (Å²) in [5.41, 5.74) is 6.55. The van der Waals surface area contributed by atoms with E-state index in [1.807, 2.05) is 11.3 Å². The molecule has 1 unspecified atom stereocenters. The first-order valence-corrected chi connectivity index (χ1v) is 10.4. The molecular weight excluding hydrogens is 344 g/mol. The molecule has 1 heteroatoms. The van der Waals surface area contributed by atoms with Gasteiger partial charge in [-0.05, 0) is 65.8 Å². The maximum Gasteiger partial charge on any atom is 0.0355 e. The fraction of sp³-hybridized carbons (Fsp3) is 0.154. The summed E-state index contributed by atoms with van der Waals surface area (Å²) in [6.45, 7) is 4.42. The Labute approximate surface area is 164 Å². The highest BCUT2D eigenvalue weighted by Gasteiger charge is 2.11. The summed E-state index contributed by atoms with van der Waals surface area (Å²) in [6.07, 6.45) is 8.11. The Bertz CT molecular complexity index is 1200. The van der Waals surface area contributed by atoms with Crippen molar-refractivity contribution in [1.29, 1.82) is 0 Å². The van der Waals surface area contributed by atoms with Crippen molar-refractivity contribution in [3.05, 3.63) is 90.0 Å². The van der Waals surface area contributed by atoms with Crippen molar-refractivity contribution in [2.75, 3.05) is 0 Å². The lowest BCUT2D eigenvalue weighted by Gasteiger charge is -2.12. The zero-order chi connectivity index (χ0) is 18.4. The van der Waals surface area contributed by atoms with Crippen LogP contribution in [0.25, 0.3) is 36.9 Å². The highest BCUT2D eigenvalue weighted by molar-refractivity contribution is 7.25. The van der Waals surface area contributed by atoms with Gasteiger partial charge in [0.2, 0.25) is 0 Å². The quantitative estimate of drug-likeness (QED) is 0.337. The molecule has 0 bridgehead atoms. The molecule has 0 spiro atoms. The van der Waals surface area contributed by atoms with E-state index in [1.54, 1.807) is 0 Å². The molecule has 1 aliphatic carbocycles. The van der Waals surface area contributed by atoms with Crippen LogP contribution in [0.3, 0.4) is 0 Å². The van der Waals surface area contributed by atoms with Gasteiger partial charge in [0.1, 0.15) is 0 Å². The largest absolute Gasteiger partial charge is 0.135 e. The van der Waals surface area contributed by atoms with Gasteiger partial charge in [-0.1, -0.05) is 67.1 Å². The lowest BCUT2D eigenvalue weighted by Crippen LogP contribution is -1.94. The standard InChI is InChI=1S/C26H22S/c1-17-6-8-19(9-7-17)21-10-12-25-23(15-21)24-16-22(11-13-26(24)27-25)20-5-3-4-18(2)14-20/h3,5-16,18H,4H2,1-2H3. The van der Waals surface area contributed by atoms with Crippen LogP contribution in [0, 0.1) is 12.8 Å². The third kappa shape index (κ3) is 3.02. The van der Waals surface area contributed by atoms with Crippen LogP contribution >= 0.6 is 11.3 Å². The maximum absolute atomic E-state index is 2.40. The molecule has 27 heavy (non-hydrogen) atoms. The Balaban J connectivity index is 1.67. The molecule has 0 N–H and O–H groups in total. The lowest BCUT2D eigenvalue weighted by atomic mass is 9.93. The van der Waals surface area contributed by atoms with Crippen LogP contribution in [-0.2, 0) is 0 Å². The van der Waals surface area contributed by atoms with Gasteiger partial charge in [0.15, 0.2) is 0 Å². The zero-order valence-corrected chi connectivity index (χ0v) is 16.5. The maximum atomic E-state index is 2.40. The number of hydrogen-bond donors (Lipinski definition) is 0. The van der Waals surface area contributed by atoms with Crippen molar-refractivity contribution >= 4 is 37.1 Å². The van der Waals surface area contributed by atoms with E-state index < -0.39 is 0 Å². The Morgan fingerprint density at radius 1 is 0.778 bits per heavy atom. The lowest BCUT2D eigenvalue weighted by molar-refractivity contribution is 0.740. The number of allylic oxidation sites excluding steroid dienone is 4. The van der Waals surface area contributed by atoms with E-state index in [4.69, 9.17) is 0 Å². The molecule has 0 saturated heterocycles. The average Bonchev–Trinajstić information content (AvgIpc) is 3.05.